The Hall–Kier alpha value is -8.40. The monoisotopic (exact) mass is 1000 g/mol. The normalized spacial score (nSPS) is 12.1. The Labute approximate surface area is 394 Å². The number of pyridine rings is 1. The minimum absolute atomic E-state index is 0.0125. The number of nitro benzene ring substituents is 1. The molecule has 0 aliphatic carbocycles. The fraction of sp³-hybridized carbons (Fsp3) is 0.0227. The molecule has 6 aromatic carbocycles. The third-order valence-corrected chi connectivity index (χ3v) is 13.8. The van der Waals surface area contributed by atoms with Gasteiger partial charge in [0, 0.05) is 40.0 Å². The predicted octanol–water partition coefficient (Wildman–Crippen LogP) is 11.1. The zero-order valence-electron chi connectivity index (χ0n) is 34.9. The molecule has 0 aliphatic heterocycles. The van der Waals surface area contributed by atoms with Crippen molar-refractivity contribution in [3.8, 4) is 23.3 Å². The fourth-order valence-electron chi connectivity index (χ4n) is 6.97. The number of nitro groups is 1. The highest BCUT2D eigenvalue weighted by molar-refractivity contribution is 7.86. The van der Waals surface area contributed by atoms with E-state index in [1.807, 2.05) is 36.4 Å². The summed E-state index contributed by atoms with van der Waals surface area (Å²) in [6, 6.07) is 32.6. The highest BCUT2D eigenvalue weighted by atomic mass is 32.2. The van der Waals surface area contributed by atoms with Gasteiger partial charge in [0.05, 0.1) is 26.0 Å². The minimum Gasteiger partial charge on any atom is -0.339 e. The molecule has 0 spiro atoms. The number of hydrogen-bond acceptors (Lipinski definition) is 18. The molecule has 69 heavy (non-hydrogen) atoms. The number of benzene rings is 6. The van der Waals surface area contributed by atoms with Crippen molar-refractivity contribution in [2.24, 2.45) is 20.5 Å². The molecule has 0 saturated heterocycles. The number of azo groups is 2. The molecule has 0 radical (unpaired) electrons. The van der Waals surface area contributed by atoms with Crippen LogP contribution in [0.25, 0.3) is 32.7 Å². The summed E-state index contributed by atoms with van der Waals surface area (Å²) < 4.78 is 101. The molecule has 344 valence electrons. The molecular formula is C44H28N10O11S4. The molecule has 0 amide bonds. The lowest BCUT2D eigenvalue weighted by atomic mass is 10.00. The number of anilines is 4. The summed E-state index contributed by atoms with van der Waals surface area (Å²) in [6.45, 7) is 1.52. The predicted molar refractivity (Wildman–Crippen MR) is 254 cm³/mol. The lowest BCUT2D eigenvalue weighted by Crippen LogP contribution is -2.05. The van der Waals surface area contributed by atoms with Gasteiger partial charge in [-0.15, -0.1) is 20.5 Å². The lowest BCUT2D eigenvalue weighted by molar-refractivity contribution is -0.384. The van der Waals surface area contributed by atoms with Crippen LogP contribution < -0.4 is 10.6 Å². The number of aromatic nitrogens is 1. The number of nitrogens with zero attached hydrogens (tertiary/aromatic N) is 8. The Kier molecular flexibility index (Phi) is 12.5. The largest absolute Gasteiger partial charge is 0.339 e. The summed E-state index contributed by atoms with van der Waals surface area (Å²) in [5.41, 5.74) is 0.806. The standard InChI is InChI=1S/C44H28N10O11S4/c1-24-36(22-45)41(47-29-9-14-33(15-10-29)67(57,58)59)49-42(48-30-11-16-34(17-12-30)68(60,61)62)40(24)51-52-43-37(23-46)39(28-7-6-25-4-2-3-5-26(25)18-28)44(66-43)53-50-31-19-27-8-13-32(54(55)56)21-35(27)38(20-31)69(63,64)65/h2-21H,1H3,(H2,47,48,49)(H,57,58,59)(H,60,61,62)(H,63,64,65)/b52-51+,53-50+. The average Bonchev–Trinajstić information content (AvgIpc) is 3.66. The number of fused-ring (bicyclic) bond motifs is 2. The third-order valence-electron chi connectivity index (χ3n) is 10.2. The van der Waals surface area contributed by atoms with E-state index in [9.17, 15) is 59.5 Å². The van der Waals surface area contributed by atoms with Gasteiger partial charge in [0.2, 0.25) is 0 Å². The molecule has 8 aromatic rings. The molecule has 2 aromatic heterocycles. The van der Waals surface area contributed by atoms with E-state index in [4.69, 9.17) is 0 Å². The minimum atomic E-state index is -4.94. The van der Waals surface area contributed by atoms with Gasteiger partial charge < -0.3 is 10.6 Å². The first-order chi connectivity index (χ1) is 32.7. The second-order valence-electron chi connectivity index (χ2n) is 14.6. The molecule has 5 N–H and O–H groups in total. The van der Waals surface area contributed by atoms with Gasteiger partial charge in [0.25, 0.3) is 36.0 Å². The van der Waals surface area contributed by atoms with E-state index in [2.05, 4.69) is 48.2 Å². The van der Waals surface area contributed by atoms with Crippen LogP contribution in [0.3, 0.4) is 0 Å². The maximum atomic E-state index is 12.5. The molecule has 0 aliphatic rings. The Morgan fingerprint density at radius 2 is 1.22 bits per heavy atom. The van der Waals surface area contributed by atoms with Crippen molar-refractivity contribution in [1.82, 2.24) is 4.98 Å². The summed E-state index contributed by atoms with van der Waals surface area (Å²) in [6.07, 6.45) is 0. The van der Waals surface area contributed by atoms with Crippen molar-refractivity contribution in [1.29, 1.82) is 10.5 Å². The van der Waals surface area contributed by atoms with Gasteiger partial charge in [-0.3, -0.25) is 23.8 Å². The second-order valence-corrected chi connectivity index (χ2v) is 19.8. The van der Waals surface area contributed by atoms with Crippen LogP contribution in [-0.2, 0) is 30.4 Å². The highest BCUT2D eigenvalue weighted by Gasteiger charge is 2.24. The summed E-state index contributed by atoms with van der Waals surface area (Å²) in [5, 5.41) is 58.0. The molecule has 21 nitrogen and oxygen atoms in total. The Balaban J connectivity index is 1.28. The Morgan fingerprint density at radius 1 is 0.638 bits per heavy atom. The van der Waals surface area contributed by atoms with Gasteiger partial charge in [-0.2, -0.15) is 35.8 Å². The molecule has 2 heterocycles. The number of hydrogen-bond donors (Lipinski definition) is 5. The summed E-state index contributed by atoms with van der Waals surface area (Å²) in [7, 11) is -14.0. The quantitative estimate of drug-likeness (QED) is 0.0310. The van der Waals surface area contributed by atoms with Crippen LogP contribution in [0.2, 0.25) is 0 Å². The first-order valence-electron chi connectivity index (χ1n) is 19.4. The molecule has 0 atom stereocenters. The summed E-state index contributed by atoms with van der Waals surface area (Å²) in [5.74, 6) is -0.113. The topological polar surface area (TPSA) is 340 Å². The van der Waals surface area contributed by atoms with Crippen LogP contribution in [0, 0.1) is 39.7 Å². The Morgan fingerprint density at radius 3 is 1.80 bits per heavy atom. The van der Waals surface area contributed by atoms with E-state index in [1.165, 1.54) is 43.3 Å². The van der Waals surface area contributed by atoms with Gasteiger partial charge in [-0.1, -0.05) is 47.7 Å². The van der Waals surface area contributed by atoms with Crippen LogP contribution >= 0.6 is 11.3 Å². The van der Waals surface area contributed by atoms with Crippen LogP contribution in [0.5, 0.6) is 0 Å². The first kappa shape index (κ1) is 47.1. The van der Waals surface area contributed by atoms with Gasteiger partial charge >= 0.3 is 0 Å². The number of non-ortho nitro benzene ring substituents is 1. The van der Waals surface area contributed by atoms with E-state index >= 15 is 0 Å². The van der Waals surface area contributed by atoms with Gasteiger partial charge in [-0.05, 0) is 101 Å². The van der Waals surface area contributed by atoms with Gasteiger partial charge in [0.1, 0.15) is 33.3 Å². The maximum absolute atomic E-state index is 12.5. The number of thiophene rings is 1. The summed E-state index contributed by atoms with van der Waals surface area (Å²) in [4.78, 5) is 13.9. The highest BCUT2D eigenvalue weighted by Crippen LogP contribution is 2.49. The van der Waals surface area contributed by atoms with Gasteiger partial charge in [-0.25, -0.2) is 4.98 Å². The molecule has 8 rings (SSSR count). The molecular weight excluding hydrogens is 973 g/mol. The molecule has 25 heteroatoms. The maximum Gasteiger partial charge on any atom is 0.295 e. The smallest absolute Gasteiger partial charge is 0.295 e. The van der Waals surface area contributed by atoms with E-state index in [1.54, 1.807) is 6.07 Å². The van der Waals surface area contributed by atoms with E-state index in [-0.39, 0.29) is 77.4 Å². The fourth-order valence-corrected chi connectivity index (χ4v) is 9.57. The summed E-state index contributed by atoms with van der Waals surface area (Å²) >= 11 is 0.860. The third kappa shape index (κ3) is 10.0. The van der Waals surface area contributed by atoms with Crippen molar-refractivity contribution >= 4 is 113 Å². The van der Waals surface area contributed by atoms with Crippen LogP contribution in [0.15, 0.2) is 156 Å². The van der Waals surface area contributed by atoms with E-state index in [0.29, 0.717) is 5.56 Å². The van der Waals surface area contributed by atoms with Crippen LogP contribution in [0.4, 0.5) is 50.1 Å². The molecule has 0 bridgehead atoms. The van der Waals surface area contributed by atoms with Crippen molar-refractivity contribution < 1.29 is 43.8 Å². The van der Waals surface area contributed by atoms with Crippen molar-refractivity contribution in [2.75, 3.05) is 10.6 Å². The van der Waals surface area contributed by atoms with Gasteiger partial charge in [0.15, 0.2) is 16.6 Å². The first-order valence-corrected chi connectivity index (χ1v) is 24.6. The molecule has 0 unspecified atom stereocenters. The zero-order valence-corrected chi connectivity index (χ0v) is 38.1. The van der Waals surface area contributed by atoms with Crippen molar-refractivity contribution in [2.45, 2.75) is 21.6 Å². The second kappa shape index (κ2) is 18.4. The van der Waals surface area contributed by atoms with E-state index in [0.717, 1.165) is 64.6 Å². The lowest BCUT2D eigenvalue weighted by Gasteiger charge is -2.16. The van der Waals surface area contributed by atoms with Crippen molar-refractivity contribution in [3.63, 3.8) is 0 Å². The zero-order chi connectivity index (χ0) is 49.4. The van der Waals surface area contributed by atoms with Crippen molar-refractivity contribution in [3.05, 3.63) is 148 Å². The number of rotatable bonds is 13. The molecule has 0 fully saturated rings. The van der Waals surface area contributed by atoms with E-state index < -0.39 is 55.7 Å². The SMILES string of the molecule is Cc1c(C#N)c(Nc2ccc(S(=O)(=O)O)cc2)nc(Nc2ccc(S(=O)(=O)O)cc2)c1/N=N/c1sc(/N=N/c2cc(S(=O)(=O)O)c3cc([N+](=O)[O-])ccc3c2)c(-c2ccc3ccccc3c2)c1C#N. The Bertz CT molecular complexity index is 3940. The molecule has 0 saturated carbocycles. The number of nitriles is 2. The average molecular weight is 1000 g/mol. The number of nitrogens with one attached hydrogen (secondary N) is 2. The van der Waals surface area contributed by atoms with Crippen LogP contribution in [-0.4, -0.2) is 48.8 Å². The van der Waals surface area contributed by atoms with Crippen LogP contribution in [0.1, 0.15) is 16.7 Å².